The maximum absolute atomic E-state index is 11.9. The number of hydrogen-bond donors (Lipinski definition) is 1. The lowest BCUT2D eigenvalue weighted by molar-refractivity contribution is 0.130. The molecule has 2 fully saturated rings. The molecule has 2 aromatic carbocycles. The molecule has 34 heavy (non-hydrogen) atoms. The lowest BCUT2D eigenvalue weighted by Crippen LogP contribution is -2.17. The number of nitrogens with zero attached hydrogens (tertiary/aromatic N) is 1. The largest absolute Gasteiger partial charge is 0.494 e. The van der Waals surface area contributed by atoms with Gasteiger partial charge in [0, 0.05) is 23.7 Å². The summed E-state index contributed by atoms with van der Waals surface area (Å²) in [6.07, 6.45) is 12.3. The van der Waals surface area contributed by atoms with E-state index < -0.39 is 6.09 Å². The van der Waals surface area contributed by atoms with Gasteiger partial charge in [0.1, 0.15) is 5.75 Å². The first-order valence-electron chi connectivity index (χ1n) is 12.3. The van der Waals surface area contributed by atoms with Crippen LogP contribution in [-0.4, -0.2) is 23.4 Å². The van der Waals surface area contributed by atoms with E-state index in [0.29, 0.717) is 18.2 Å². The van der Waals surface area contributed by atoms with E-state index >= 15 is 0 Å². The van der Waals surface area contributed by atoms with Gasteiger partial charge < -0.3 is 14.0 Å². The van der Waals surface area contributed by atoms with Crippen molar-refractivity contribution in [2.75, 3.05) is 11.9 Å². The third-order valence-electron chi connectivity index (χ3n) is 5.73. The van der Waals surface area contributed by atoms with Crippen LogP contribution in [0.15, 0.2) is 42.5 Å². The highest BCUT2D eigenvalue weighted by Gasteiger charge is 2.26. The highest BCUT2D eigenvalue weighted by Crippen LogP contribution is 2.39. The summed E-state index contributed by atoms with van der Waals surface area (Å²) in [5, 5.41) is 3.82. The molecule has 1 heterocycles. The van der Waals surface area contributed by atoms with Crippen LogP contribution in [0.4, 0.5) is 10.5 Å². The van der Waals surface area contributed by atoms with Crippen molar-refractivity contribution in [1.29, 1.82) is 0 Å². The number of aromatic nitrogens is 1. The Kier molecular flexibility index (Phi) is 7.47. The topological polar surface area (TPSA) is 52.5 Å². The van der Waals surface area contributed by atoms with Gasteiger partial charge in [-0.1, -0.05) is 37.3 Å². The third kappa shape index (κ3) is 5.94. The standard InChI is InChI=1S/C26H28N2O3.C3H6/c1-5-22-23-14-13-21(30-6-2)15-24(23)28(16-18-7-8-18)25(22)19-9-11-20(12-10-19)27-26(29)31-17(3)4;1-2-3-1/h1,9-15,17-18H,6-8,16H2,2-4H3,(H,27,29);1-3H2. The fourth-order valence-electron chi connectivity index (χ4n) is 3.85. The number of carbonyl (C=O) groups excluding carboxylic acids is 1. The van der Waals surface area contributed by atoms with Crippen molar-refractivity contribution in [3.8, 4) is 29.4 Å². The molecule has 0 bridgehead atoms. The van der Waals surface area contributed by atoms with Gasteiger partial charge in [-0.2, -0.15) is 0 Å². The molecule has 0 spiro atoms. The van der Waals surface area contributed by atoms with Crippen LogP contribution in [0.25, 0.3) is 22.2 Å². The van der Waals surface area contributed by atoms with E-state index in [2.05, 4.69) is 27.9 Å². The monoisotopic (exact) mass is 458 g/mol. The summed E-state index contributed by atoms with van der Waals surface area (Å²) in [6, 6.07) is 13.9. The summed E-state index contributed by atoms with van der Waals surface area (Å²) >= 11 is 0. The van der Waals surface area contributed by atoms with Crippen LogP contribution in [0.2, 0.25) is 0 Å². The summed E-state index contributed by atoms with van der Waals surface area (Å²) < 4.78 is 13.2. The second kappa shape index (κ2) is 10.7. The van der Waals surface area contributed by atoms with E-state index in [-0.39, 0.29) is 6.10 Å². The average Bonchev–Trinajstić information content (AvgIpc) is 3.72. The van der Waals surface area contributed by atoms with Gasteiger partial charge in [-0.15, -0.1) is 6.42 Å². The van der Waals surface area contributed by atoms with Crippen molar-refractivity contribution in [2.45, 2.75) is 65.5 Å². The number of carbonyl (C=O) groups is 1. The molecule has 2 aliphatic rings. The summed E-state index contributed by atoms with van der Waals surface area (Å²) in [5.74, 6) is 4.45. The number of nitrogens with one attached hydrogen (secondary N) is 1. The molecule has 3 aromatic rings. The highest BCUT2D eigenvalue weighted by molar-refractivity contribution is 5.96. The summed E-state index contributed by atoms with van der Waals surface area (Å²) in [7, 11) is 0. The van der Waals surface area contributed by atoms with Crippen LogP contribution in [-0.2, 0) is 11.3 Å². The Morgan fingerprint density at radius 1 is 1.15 bits per heavy atom. The van der Waals surface area contributed by atoms with Gasteiger partial charge in [0.25, 0.3) is 0 Å². The average molecular weight is 459 g/mol. The van der Waals surface area contributed by atoms with Crippen LogP contribution < -0.4 is 10.1 Å². The van der Waals surface area contributed by atoms with E-state index in [0.717, 1.165) is 40.0 Å². The number of amides is 1. The molecule has 0 aliphatic heterocycles. The Morgan fingerprint density at radius 2 is 1.85 bits per heavy atom. The molecule has 1 N–H and O–H groups in total. The summed E-state index contributed by atoms with van der Waals surface area (Å²) in [5.41, 5.74) is 4.72. The minimum absolute atomic E-state index is 0.169. The molecule has 0 saturated heterocycles. The van der Waals surface area contributed by atoms with Crippen LogP contribution in [0.5, 0.6) is 5.75 Å². The Bertz CT molecular complexity index is 1180. The highest BCUT2D eigenvalue weighted by atomic mass is 16.6. The van der Waals surface area contributed by atoms with Crippen molar-refractivity contribution >= 4 is 22.7 Å². The zero-order valence-corrected chi connectivity index (χ0v) is 20.4. The van der Waals surface area contributed by atoms with Crippen molar-refractivity contribution < 1.29 is 14.3 Å². The molecule has 1 aromatic heterocycles. The first-order chi connectivity index (χ1) is 16.5. The lowest BCUT2D eigenvalue weighted by atomic mass is 10.1. The molecule has 0 radical (unpaired) electrons. The number of rotatable bonds is 7. The SMILES string of the molecule is C#Cc1c(-c2ccc(NC(=O)OC(C)C)cc2)n(CC2CC2)c2cc(OCC)ccc12.C1CC1. The van der Waals surface area contributed by atoms with Crippen LogP contribution in [0.1, 0.15) is 58.4 Å². The van der Waals surface area contributed by atoms with Gasteiger partial charge >= 0.3 is 6.09 Å². The van der Waals surface area contributed by atoms with Crippen molar-refractivity contribution in [1.82, 2.24) is 4.57 Å². The number of hydrogen-bond acceptors (Lipinski definition) is 3. The maximum Gasteiger partial charge on any atom is 0.411 e. The Balaban J connectivity index is 0.000000846. The smallest absolute Gasteiger partial charge is 0.411 e. The molecule has 5 rings (SSSR count). The van der Waals surface area contributed by atoms with E-state index in [1.54, 1.807) is 0 Å². The fraction of sp³-hybridized carbons (Fsp3) is 0.414. The third-order valence-corrected chi connectivity index (χ3v) is 5.73. The predicted octanol–water partition coefficient (Wildman–Crippen LogP) is 7.23. The molecule has 2 saturated carbocycles. The van der Waals surface area contributed by atoms with E-state index in [4.69, 9.17) is 15.9 Å². The van der Waals surface area contributed by atoms with Gasteiger partial charge in [0.15, 0.2) is 0 Å². The Morgan fingerprint density at radius 3 is 2.41 bits per heavy atom. The van der Waals surface area contributed by atoms with Crippen molar-refractivity contribution in [3.63, 3.8) is 0 Å². The quantitative estimate of drug-likeness (QED) is 0.380. The molecule has 2 aliphatic carbocycles. The Hall–Kier alpha value is -3.39. The molecule has 5 heteroatoms. The first kappa shape index (κ1) is 23.8. The second-order valence-corrected chi connectivity index (χ2v) is 9.25. The normalized spacial score (nSPS) is 14.2. The molecular formula is C29H34N2O3. The summed E-state index contributed by atoms with van der Waals surface area (Å²) in [6.45, 7) is 7.18. The van der Waals surface area contributed by atoms with Crippen molar-refractivity contribution in [3.05, 3.63) is 48.0 Å². The molecule has 0 unspecified atom stereocenters. The van der Waals surface area contributed by atoms with Crippen LogP contribution in [0.3, 0.4) is 0 Å². The number of ether oxygens (including phenoxy) is 2. The molecule has 178 valence electrons. The zero-order chi connectivity index (χ0) is 24.1. The van der Waals surface area contributed by atoms with E-state index in [1.807, 2.05) is 51.1 Å². The predicted molar refractivity (Wildman–Crippen MR) is 138 cm³/mol. The molecular weight excluding hydrogens is 424 g/mol. The second-order valence-electron chi connectivity index (χ2n) is 9.25. The summed E-state index contributed by atoms with van der Waals surface area (Å²) in [4.78, 5) is 11.9. The zero-order valence-electron chi connectivity index (χ0n) is 20.4. The molecule has 1 amide bonds. The van der Waals surface area contributed by atoms with Gasteiger partial charge in [-0.05, 0) is 69.4 Å². The number of benzene rings is 2. The minimum atomic E-state index is -0.460. The fourth-order valence-corrected chi connectivity index (χ4v) is 3.85. The van der Waals surface area contributed by atoms with Gasteiger partial charge in [-0.3, -0.25) is 5.32 Å². The number of terminal acetylenes is 1. The minimum Gasteiger partial charge on any atom is -0.494 e. The first-order valence-corrected chi connectivity index (χ1v) is 12.3. The molecule has 5 nitrogen and oxygen atoms in total. The van der Waals surface area contributed by atoms with Gasteiger partial charge in [0.05, 0.1) is 29.5 Å². The maximum atomic E-state index is 11.9. The van der Waals surface area contributed by atoms with Gasteiger partial charge in [0.2, 0.25) is 0 Å². The lowest BCUT2D eigenvalue weighted by Gasteiger charge is -2.13. The van der Waals surface area contributed by atoms with Crippen LogP contribution in [0, 0.1) is 18.3 Å². The number of fused-ring (bicyclic) bond motifs is 1. The van der Waals surface area contributed by atoms with Gasteiger partial charge in [-0.25, -0.2) is 4.79 Å². The van der Waals surface area contributed by atoms with Crippen molar-refractivity contribution in [2.24, 2.45) is 5.92 Å². The Labute approximate surface area is 202 Å². The van der Waals surface area contributed by atoms with Crippen LogP contribution >= 0.6 is 0 Å². The molecule has 0 atom stereocenters. The number of anilines is 1. The van der Waals surface area contributed by atoms with E-state index in [9.17, 15) is 4.79 Å². The van der Waals surface area contributed by atoms with E-state index in [1.165, 1.54) is 32.1 Å².